The van der Waals surface area contributed by atoms with Crippen LogP contribution in [0.2, 0.25) is 0 Å². The van der Waals surface area contributed by atoms with Gasteiger partial charge in [-0.05, 0) is 65.9 Å². The van der Waals surface area contributed by atoms with Crippen LogP contribution in [0.4, 0.5) is 0 Å². The first-order valence-corrected chi connectivity index (χ1v) is 12.3. The van der Waals surface area contributed by atoms with Crippen LogP contribution in [-0.2, 0) is 11.3 Å². The second-order valence-electron chi connectivity index (χ2n) is 9.34. The normalized spacial score (nSPS) is 15.8. The third kappa shape index (κ3) is 4.90. The topological polar surface area (TPSA) is 32.3 Å². The summed E-state index contributed by atoms with van der Waals surface area (Å²) in [6.07, 6.45) is 1.82. The quantitative estimate of drug-likeness (QED) is 0.361. The third-order valence-corrected chi connectivity index (χ3v) is 7.25. The number of carbonyl (C=O) groups excluding carboxylic acids is 1. The Balaban J connectivity index is 1.14. The van der Waals surface area contributed by atoms with Gasteiger partial charge < -0.3 is 5.32 Å². The van der Waals surface area contributed by atoms with E-state index in [0.717, 1.165) is 31.5 Å². The average Bonchev–Trinajstić information content (AvgIpc) is 2.92. The van der Waals surface area contributed by atoms with Gasteiger partial charge in [0.2, 0.25) is 5.91 Å². The van der Waals surface area contributed by atoms with Gasteiger partial charge in [-0.15, -0.1) is 0 Å². The Bertz CT molecular complexity index is 1240. The molecule has 1 aliphatic rings. The molecule has 5 rings (SSSR count). The molecule has 1 heterocycles. The fourth-order valence-corrected chi connectivity index (χ4v) is 5.14. The zero-order valence-electron chi connectivity index (χ0n) is 19.8. The van der Waals surface area contributed by atoms with Gasteiger partial charge in [-0.2, -0.15) is 0 Å². The predicted molar refractivity (Wildman–Crippen MR) is 140 cm³/mol. The van der Waals surface area contributed by atoms with Crippen LogP contribution in [0.1, 0.15) is 36.9 Å². The number of carbonyl (C=O) groups is 1. The fourth-order valence-electron chi connectivity index (χ4n) is 5.14. The Morgan fingerprint density at radius 1 is 0.824 bits per heavy atom. The van der Waals surface area contributed by atoms with E-state index in [0.29, 0.717) is 12.6 Å². The highest BCUT2D eigenvalue weighted by atomic mass is 16.1. The van der Waals surface area contributed by atoms with Gasteiger partial charge in [0.25, 0.3) is 0 Å². The molecule has 4 aromatic rings. The molecular weight excluding hydrogens is 416 g/mol. The number of hydrogen-bond donors (Lipinski definition) is 1. The Morgan fingerprint density at radius 2 is 1.47 bits per heavy atom. The number of likely N-dealkylation sites (tertiary alicyclic amines) is 1. The first kappa shape index (κ1) is 22.4. The van der Waals surface area contributed by atoms with Crippen molar-refractivity contribution in [2.45, 2.75) is 32.4 Å². The van der Waals surface area contributed by atoms with Gasteiger partial charge in [-0.25, -0.2) is 0 Å². The van der Waals surface area contributed by atoms with Crippen LogP contribution in [0.3, 0.4) is 0 Å². The number of nitrogens with zero attached hydrogens (tertiary/aromatic N) is 1. The molecule has 1 amide bonds. The minimum atomic E-state index is 0.0968. The lowest BCUT2D eigenvalue weighted by molar-refractivity contribution is -0.126. The third-order valence-electron chi connectivity index (χ3n) is 7.25. The fraction of sp³-hybridized carbons (Fsp3) is 0.258. The first-order chi connectivity index (χ1) is 16.7. The van der Waals surface area contributed by atoms with Gasteiger partial charge in [0, 0.05) is 18.5 Å². The lowest BCUT2D eigenvalue weighted by atomic mass is 9.92. The van der Waals surface area contributed by atoms with E-state index in [4.69, 9.17) is 0 Å². The molecule has 1 unspecified atom stereocenters. The Labute approximate surface area is 202 Å². The average molecular weight is 449 g/mol. The summed E-state index contributed by atoms with van der Waals surface area (Å²) in [5.74, 6) is 0.282. The summed E-state index contributed by atoms with van der Waals surface area (Å²) in [5.41, 5.74) is 4.92. The summed E-state index contributed by atoms with van der Waals surface area (Å²) in [4.78, 5) is 15.4. The number of nitrogens with one attached hydrogen (secondary N) is 1. The Hall–Kier alpha value is -3.43. The first-order valence-electron chi connectivity index (χ1n) is 12.3. The van der Waals surface area contributed by atoms with E-state index in [2.05, 4.69) is 108 Å². The van der Waals surface area contributed by atoms with Crippen LogP contribution in [-0.4, -0.2) is 23.9 Å². The van der Waals surface area contributed by atoms with E-state index in [1.54, 1.807) is 0 Å². The minimum Gasteiger partial charge on any atom is -0.352 e. The summed E-state index contributed by atoms with van der Waals surface area (Å²) in [5, 5.41) is 5.79. The van der Waals surface area contributed by atoms with Crippen molar-refractivity contribution < 1.29 is 4.79 Å². The molecular formula is C31H32N2O. The SMILES string of the molecule is CC(c1cccc2ccccc12)N1CCC(C(=O)NCc2ccc(-c3ccccc3)cc2)CC1. The van der Waals surface area contributed by atoms with Crippen LogP contribution < -0.4 is 5.32 Å². The molecule has 1 fully saturated rings. The molecule has 0 bridgehead atoms. The molecule has 0 aromatic heterocycles. The molecule has 0 saturated carbocycles. The predicted octanol–water partition coefficient (Wildman–Crippen LogP) is 6.60. The number of rotatable bonds is 6. The van der Waals surface area contributed by atoms with Crippen LogP contribution in [0.25, 0.3) is 21.9 Å². The van der Waals surface area contributed by atoms with Crippen LogP contribution in [0, 0.1) is 5.92 Å². The van der Waals surface area contributed by atoms with Gasteiger partial charge in [0.1, 0.15) is 0 Å². The zero-order valence-corrected chi connectivity index (χ0v) is 19.8. The van der Waals surface area contributed by atoms with Crippen molar-refractivity contribution in [2.24, 2.45) is 5.92 Å². The summed E-state index contributed by atoms with van der Waals surface area (Å²) < 4.78 is 0. The van der Waals surface area contributed by atoms with E-state index >= 15 is 0 Å². The van der Waals surface area contributed by atoms with E-state index in [9.17, 15) is 4.79 Å². The zero-order chi connectivity index (χ0) is 23.3. The maximum Gasteiger partial charge on any atom is 0.223 e. The van der Waals surface area contributed by atoms with Crippen LogP contribution in [0.15, 0.2) is 97.1 Å². The smallest absolute Gasteiger partial charge is 0.223 e. The lowest BCUT2D eigenvalue weighted by Gasteiger charge is -2.36. The highest BCUT2D eigenvalue weighted by Crippen LogP contribution is 2.31. The van der Waals surface area contributed by atoms with Gasteiger partial charge >= 0.3 is 0 Å². The highest BCUT2D eigenvalue weighted by Gasteiger charge is 2.28. The second-order valence-corrected chi connectivity index (χ2v) is 9.34. The van der Waals surface area contributed by atoms with E-state index in [1.165, 1.54) is 27.5 Å². The van der Waals surface area contributed by atoms with Gasteiger partial charge in [-0.3, -0.25) is 9.69 Å². The number of piperidine rings is 1. The van der Waals surface area contributed by atoms with Crippen molar-refractivity contribution in [3.63, 3.8) is 0 Å². The number of fused-ring (bicyclic) bond motifs is 1. The summed E-state index contributed by atoms with van der Waals surface area (Å²) in [6.45, 7) is 4.78. The van der Waals surface area contributed by atoms with Crippen LogP contribution >= 0.6 is 0 Å². The molecule has 1 aliphatic heterocycles. The molecule has 172 valence electrons. The number of hydrogen-bond acceptors (Lipinski definition) is 2. The Morgan fingerprint density at radius 3 is 2.24 bits per heavy atom. The van der Waals surface area contributed by atoms with E-state index in [1.807, 2.05) is 6.07 Å². The van der Waals surface area contributed by atoms with Crippen molar-refractivity contribution in [1.29, 1.82) is 0 Å². The van der Waals surface area contributed by atoms with Crippen molar-refractivity contribution in [2.75, 3.05) is 13.1 Å². The molecule has 1 atom stereocenters. The monoisotopic (exact) mass is 448 g/mol. The molecule has 0 aliphatic carbocycles. The second kappa shape index (κ2) is 10.2. The van der Waals surface area contributed by atoms with Gasteiger partial charge in [0.15, 0.2) is 0 Å². The van der Waals surface area contributed by atoms with E-state index < -0.39 is 0 Å². The van der Waals surface area contributed by atoms with Crippen molar-refractivity contribution in [3.05, 3.63) is 108 Å². The number of amides is 1. The molecule has 4 aromatic carbocycles. The van der Waals surface area contributed by atoms with Gasteiger partial charge in [0.05, 0.1) is 0 Å². The molecule has 0 spiro atoms. The summed E-state index contributed by atoms with van der Waals surface area (Å²) >= 11 is 0. The van der Waals surface area contributed by atoms with Gasteiger partial charge in [-0.1, -0.05) is 97.1 Å². The molecule has 0 radical (unpaired) electrons. The Kier molecular flexibility index (Phi) is 6.73. The number of benzene rings is 4. The largest absolute Gasteiger partial charge is 0.352 e. The van der Waals surface area contributed by atoms with Crippen LogP contribution in [0.5, 0.6) is 0 Å². The molecule has 1 saturated heterocycles. The molecule has 1 N–H and O–H groups in total. The van der Waals surface area contributed by atoms with Crippen molar-refractivity contribution in [3.8, 4) is 11.1 Å². The minimum absolute atomic E-state index is 0.0968. The molecule has 3 nitrogen and oxygen atoms in total. The maximum atomic E-state index is 12.9. The molecule has 3 heteroatoms. The lowest BCUT2D eigenvalue weighted by Crippen LogP contribution is -2.41. The standard InChI is InChI=1S/C31H32N2O/c1-23(29-13-7-11-27-10-5-6-12-30(27)29)33-20-18-28(19-21-33)31(34)32-22-24-14-16-26(17-15-24)25-8-3-2-4-9-25/h2-17,23,28H,18-22H2,1H3,(H,32,34). The molecule has 34 heavy (non-hydrogen) atoms. The van der Waals surface area contributed by atoms with Crippen molar-refractivity contribution >= 4 is 16.7 Å². The summed E-state index contributed by atoms with van der Waals surface area (Å²) in [6, 6.07) is 34.4. The highest BCUT2D eigenvalue weighted by molar-refractivity contribution is 5.86. The maximum absolute atomic E-state index is 12.9. The summed E-state index contributed by atoms with van der Waals surface area (Å²) in [7, 11) is 0. The van der Waals surface area contributed by atoms with E-state index in [-0.39, 0.29) is 11.8 Å². The van der Waals surface area contributed by atoms with Crippen molar-refractivity contribution in [1.82, 2.24) is 10.2 Å².